The van der Waals surface area contributed by atoms with Crippen LogP contribution in [-0.2, 0) is 9.59 Å². The van der Waals surface area contributed by atoms with Crippen molar-refractivity contribution in [3.63, 3.8) is 0 Å². The van der Waals surface area contributed by atoms with Gasteiger partial charge in [-0.05, 0) is 41.9 Å². The predicted molar refractivity (Wildman–Crippen MR) is 94.2 cm³/mol. The average Bonchev–Trinajstić information content (AvgIpc) is 2.77. The number of carbonyl (C=O) groups is 2. The van der Waals surface area contributed by atoms with E-state index in [0.717, 1.165) is 6.42 Å². The third kappa shape index (κ3) is 3.50. The molecule has 3 unspecified atom stereocenters. The van der Waals surface area contributed by atoms with Crippen LogP contribution in [0.25, 0.3) is 0 Å². The van der Waals surface area contributed by atoms with Gasteiger partial charge in [-0.3, -0.25) is 9.59 Å². The molecule has 0 aromatic rings. The molecule has 0 saturated heterocycles. The van der Waals surface area contributed by atoms with Gasteiger partial charge in [-0.2, -0.15) is 0 Å². The Bertz CT molecular complexity index is 467. The van der Waals surface area contributed by atoms with E-state index in [2.05, 4.69) is 31.4 Å². The Kier molecular flexibility index (Phi) is 6.14. The molecule has 134 valence electrons. The normalized spacial score (nSPS) is 32.3. The van der Waals surface area contributed by atoms with Gasteiger partial charge in [0.15, 0.2) is 0 Å². The van der Waals surface area contributed by atoms with Gasteiger partial charge < -0.3 is 16.4 Å². The number of fused-ring (bicyclic) bond motifs is 2. The molecule has 2 aliphatic carbocycles. The van der Waals surface area contributed by atoms with Crippen molar-refractivity contribution < 1.29 is 9.59 Å². The van der Waals surface area contributed by atoms with E-state index < -0.39 is 6.04 Å². The number of hydrogen-bond acceptors (Lipinski definition) is 3. The van der Waals surface area contributed by atoms with Crippen molar-refractivity contribution in [1.29, 1.82) is 0 Å². The summed E-state index contributed by atoms with van der Waals surface area (Å²) in [4.78, 5) is 24.0. The standard InChI is InChI=1S/C17H31N3O2.ClH/c1-10(2)14(18)15(22)19-9-13(21)20-12-8-11-6-7-17(12,5)16(11,3)4;/h10-12,14H,6-9,18H2,1-5H3,(H,19,22)(H,20,21);1H/t11?,12?,14-,17?;/m0./s1. The second kappa shape index (κ2) is 6.98. The Labute approximate surface area is 145 Å². The summed E-state index contributed by atoms with van der Waals surface area (Å²) in [5, 5.41) is 5.77. The lowest BCUT2D eigenvalue weighted by Gasteiger charge is -2.39. The van der Waals surface area contributed by atoms with Crippen molar-refractivity contribution in [3.05, 3.63) is 0 Å². The molecule has 4 atom stereocenters. The molecule has 0 heterocycles. The summed E-state index contributed by atoms with van der Waals surface area (Å²) < 4.78 is 0. The highest BCUT2D eigenvalue weighted by molar-refractivity contribution is 5.87. The van der Waals surface area contributed by atoms with E-state index in [-0.39, 0.29) is 53.6 Å². The zero-order valence-corrected chi connectivity index (χ0v) is 15.8. The van der Waals surface area contributed by atoms with Crippen LogP contribution in [0.15, 0.2) is 0 Å². The lowest BCUT2D eigenvalue weighted by atomic mass is 9.69. The number of carbonyl (C=O) groups excluding carboxylic acids is 2. The molecule has 5 nitrogen and oxygen atoms in total. The summed E-state index contributed by atoms with van der Waals surface area (Å²) in [5.74, 6) is 0.378. The first kappa shape index (κ1) is 20.2. The third-order valence-electron chi connectivity index (χ3n) is 6.57. The second-order valence-corrected chi connectivity index (χ2v) is 8.22. The molecular weight excluding hydrogens is 314 g/mol. The number of rotatable bonds is 5. The molecule has 0 spiro atoms. The maximum absolute atomic E-state index is 12.2. The first-order chi connectivity index (χ1) is 10.1. The highest BCUT2D eigenvalue weighted by Crippen LogP contribution is 2.65. The molecule has 2 aliphatic rings. The van der Waals surface area contributed by atoms with E-state index in [4.69, 9.17) is 5.73 Å². The Hall–Kier alpha value is -0.810. The Morgan fingerprint density at radius 2 is 1.87 bits per heavy atom. The molecule has 2 amide bonds. The Balaban J connectivity index is 0.00000264. The van der Waals surface area contributed by atoms with E-state index in [0.29, 0.717) is 5.92 Å². The van der Waals surface area contributed by atoms with Crippen molar-refractivity contribution in [3.8, 4) is 0 Å². The van der Waals surface area contributed by atoms with Crippen molar-refractivity contribution in [2.45, 2.75) is 66.0 Å². The molecular formula is C17H32ClN3O2. The number of nitrogens with one attached hydrogen (secondary N) is 2. The fourth-order valence-electron chi connectivity index (χ4n) is 4.26. The van der Waals surface area contributed by atoms with Gasteiger partial charge in [0.1, 0.15) is 0 Å². The smallest absolute Gasteiger partial charge is 0.239 e. The maximum Gasteiger partial charge on any atom is 0.239 e. The minimum Gasteiger partial charge on any atom is -0.351 e. The zero-order valence-electron chi connectivity index (χ0n) is 14.9. The summed E-state index contributed by atoms with van der Waals surface area (Å²) >= 11 is 0. The van der Waals surface area contributed by atoms with Gasteiger partial charge in [0.05, 0.1) is 12.6 Å². The quantitative estimate of drug-likeness (QED) is 0.710. The molecule has 2 saturated carbocycles. The van der Waals surface area contributed by atoms with Crippen molar-refractivity contribution in [2.75, 3.05) is 6.54 Å². The van der Waals surface area contributed by atoms with Crippen LogP contribution in [0.5, 0.6) is 0 Å². The zero-order chi connectivity index (χ0) is 16.7. The van der Waals surface area contributed by atoms with Crippen molar-refractivity contribution in [1.82, 2.24) is 10.6 Å². The van der Waals surface area contributed by atoms with Gasteiger partial charge in [-0.15, -0.1) is 12.4 Å². The van der Waals surface area contributed by atoms with Crippen LogP contribution in [0, 0.1) is 22.7 Å². The fourth-order valence-corrected chi connectivity index (χ4v) is 4.26. The first-order valence-electron chi connectivity index (χ1n) is 8.42. The Morgan fingerprint density at radius 1 is 1.26 bits per heavy atom. The highest BCUT2D eigenvalue weighted by atomic mass is 35.5. The molecule has 2 rings (SSSR count). The summed E-state index contributed by atoms with van der Waals surface area (Å²) in [6.07, 6.45) is 3.48. The van der Waals surface area contributed by atoms with E-state index in [1.165, 1.54) is 12.8 Å². The van der Waals surface area contributed by atoms with Crippen LogP contribution in [-0.4, -0.2) is 30.4 Å². The van der Waals surface area contributed by atoms with Crippen LogP contribution in [0.1, 0.15) is 53.9 Å². The molecule has 23 heavy (non-hydrogen) atoms. The first-order valence-corrected chi connectivity index (χ1v) is 8.42. The number of hydrogen-bond donors (Lipinski definition) is 3. The van der Waals surface area contributed by atoms with E-state index in [1.807, 2.05) is 13.8 Å². The van der Waals surface area contributed by atoms with Crippen LogP contribution in [0.3, 0.4) is 0 Å². The minimum atomic E-state index is -0.563. The van der Waals surface area contributed by atoms with Gasteiger partial charge in [0.25, 0.3) is 0 Å². The average molecular weight is 346 g/mol. The summed E-state index contributed by atoms with van der Waals surface area (Å²) in [6.45, 7) is 10.7. The maximum atomic E-state index is 12.2. The molecule has 2 bridgehead atoms. The molecule has 2 fully saturated rings. The van der Waals surface area contributed by atoms with Gasteiger partial charge in [-0.1, -0.05) is 34.6 Å². The lowest BCUT2D eigenvalue weighted by Crippen LogP contribution is -2.51. The SMILES string of the molecule is CC(C)[C@H](N)C(=O)NCC(=O)NC1CC2CCC1(C)C2(C)C.Cl. The number of halogens is 1. The van der Waals surface area contributed by atoms with Gasteiger partial charge in [-0.25, -0.2) is 0 Å². The topological polar surface area (TPSA) is 84.2 Å². The lowest BCUT2D eigenvalue weighted by molar-refractivity contribution is -0.128. The summed E-state index contributed by atoms with van der Waals surface area (Å²) in [6, 6.07) is -0.351. The monoisotopic (exact) mass is 345 g/mol. The Morgan fingerprint density at radius 3 is 2.30 bits per heavy atom. The summed E-state index contributed by atoms with van der Waals surface area (Å²) in [7, 11) is 0. The van der Waals surface area contributed by atoms with Crippen LogP contribution in [0.2, 0.25) is 0 Å². The van der Waals surface area contributed by atoms with Crippen LogP contribution in [0.4, 0.5) is 0 Å². The van der Waals surface area contributed by atoms with Gasteiger partial charge in [0, 0.05) is 6.04 Å². The van der Waals surface area contributed by atoms with E-state index in [1.54, 1.807) is 0 Å². The second-order valence-electron chi connectivity index (χ2n) is 8.22. The fraction of sp³-hybridized carbons (Fsp3) is 0.882. The number of amides is 2. The largest absolute Gasteiger partial charge is 0.351 e. The van der Waals surface area contributed by atoms with E-state index in [9.17, 15) is 9.59 Å². The molecule has 0 aromatic heterocycles. The molecule has 4 N–H and O–H groups in total. The third-order valence-corrected chi connectivity index (χ3v) is 6.57. The molecule has 0 aliphatic heterocycles. The van der Waals surface area contributed by atoms with Crippen molar-refractivity contribution in [2.24, 2.45) is 28.4 Å². The van der Waals surface area contributed by atoms with Crippen LogP contribution >= 0.6 is 12.4 Å². The van der Waals surface area contributed by atoms with E-state index >= 15 is 0 Å². The minimum absolute atomic E-state index is 0. The van der Waals surface area contributed by atoms with Crippen LogP contribution < -0.4 is 16.4 Å². The highest BCUT2D eigenvalue weighted by Gasteiger charge is 2.61. The predicted octanol–water partition coefficient (Wildman–Crippen LogP) is 1.84. The summed E-state index contributed by atoms with van der Waals surface area (Å²) in [5.41, 5.74) is 6.20. The molecule has 0 radical (unpaired) electrons. The van der Waals surface area contributed by atoms with Gasteiger partial charge >= 0.3 is 0 Å². The molecule has 0 aromatic carbocycles. The molecule has 6 heteroatoms. The number of nitrogens with two attached hydrogens (primary N) is 1. The van der Waals surface area contributed by atoms with Crippen molar-refractivity contribution >= 4 is 24.2 Å². The van der Waals surface area contributed by atoms with Gasteiger partial charge in [0.2, 0.25) is 11.8 Å².